The molecule has 0 heterocycles. The van der Waals surface area contributed by atoms with E-state index in [0.29, 0.717) is 11.3 Å². The van der Waals surface area contributed by atoms with E-state index in [4.69, 9.17) is 0 Å². The van der Waals surface area contributed by atoms with Gasteiger partial charge in [0.25, 0.3) is 0 Å². The van der Waals surface area contributed by atoms with Crippen LogP contribution in [0.15, 0.2) is 54.6 Å². The molecule has 1 atom stereocenters. The molecule has 21 heavy (non-hydrogen) atoms. The molecule has 2 rings (SSSR count). The predicted molar refractivity (Wildman–Crippen MR) is 80.2 cm³/mol. The van der Waals surface area contributed by atoms with Crippen molar-refractivity contribution in [1.82, 2.24) is 5.32 Å². The molecule has 0 fully saturated rings. The van der Waals surface area contributed by atoms with E-state index in [2.05, 4.69) is 10.6 Å². The number of amides is 2. The SMILES string of the molecule is Cc1ccc(NC(=O)NC(C(=O)O)c2ccccc2)cc1. The van der Waals surface area contributed by atoms with Crippen LogP contribution in [-0.2, 0) is 4.79 Å². The van der Waals surface area contributed by atoms with E-state index in [1.807, 2.05) is 19.1 Å². The van der Waals surface area contributed by atoms with Crippen LogP contribution in [0.4, 0.5) is 10.5 Å². The van der Waals surface area contributed by atoms with E-state index in [-0.39, 0.29) is 0 Å². The van der Waals surface area contributed by atoms with E-state index in [9.17, 15) is 14.7 Å². The largest absolute Gasteiger partial charge is 0.479 e. The van der Waals surface area contributed by atoms with Crippen LogP contribution in [0.25, 0.3) is 0 Å². The zero-order chi connectivity index (χ0) is 15.2. The Kier molecular flexibility index (Phi) is 4.56. The van der Waals surface area contributed by atoms with E-state index >= 15 is 0 Å². The van der Waals surface area contributed by atoms with Gasteiger partial charge in [-0.1, -0.05) is 48.0 Å². The molecule has 1 unspecified atom stereocenters. The first-order valence-electron chi connectivity index (χ1n) is 6.48. The first-order chi connectivity index (χ1) is 10.1. The van der Waals surface area contributed by atoms with E-state index in [1.165, 1.54) is 0 Å². The second-order valence-electron chi connectivity index (χ2n) is 4.65. The first-order valence-corrected chi connectivity index (χ1v) is 6.48. The van der Waals surface area contributed by atoms with Crippen molar-refractivity contribution in [1.29, 1.82) is 0 Å². The number of carboxylic acids is 1. The Morgan fingerprint density at radius 2 is 1.62 bits per heavy atom. The Morgan fingerprint density at radius 3 is 2.19 bits per heavy atom. The number of benzene rings is 2. The highest BCUT2D eigenvalue weighted by atomic mass is 16.4. The van der Waals surface area contributed by atoms with Gasteiger partial charge in [0.1, 0.15) is 0 Å². The van der Waals surface area contributed by atoms with Gasteiger partial charge in [0.2, 0.25) is 0 Å². The lowest BCUT2D eigenvalue weighted by atomic mass is 10.1. The predicted octanol–water partition coefficient (Wildman–Crippen LogP) is 2.94. The second kappa shape index (κ2) is 6.56. The third kappa shape index (κ3) is 4.07. The van der Waals surface area contributed by atoms with Crippen molar-refractivity contribution >= 4 is 17.7 Å². The van der Waals surface area contributed by atoms with Crippen molar-refractivity contribution in [3.63, 3.8) is 0 Å². The Balaban J connectivity index is 2.05. The summed E-state index contributed by atoms with van der Waals surface area (Å²) in [7, 11) is 0. The molecule has 3 N–H and O–H groups in total. The maximum atomic E-state index is 11.9. The van der Waals surface area contributed by atoms with E-state index in [0.717, 1.165) is 5.56 Å². The fourth-order valence-corrected chi connectivity index (χ4v) is 1.87. The minimum Gasteiger partial charge on any atom is -0.479 e. The van der Waals surface area contributed by atoms with Crippen LogP contribution in [0.3, 0.4) is 0 Å². The van der Waals surface area contributed by atoms with Crippen LogP contribution in [0, 0.1) is 6.92 Å². The molecular formula is C16H16N2O3. The summed E-state index contributed by atoms with van der Waals surface area (Å²) in [6.07, 6.45) is 0. The fourth-order valence-electron chi connectivity index (χ4n) is 1.87. The topological polar surface area (TPSA) is 78.4 Å². The zero-order valence-electron chi connectivity index (χ0n) is 11.5. The van der Waals surface area contributed by atoms with Gasteiger partial charge in [-0.2, -0.15) is 0 Å². The Hall–Kier alpha value is -2.82. The Bertz CT molecular complexity index is 624. The first kappa shape index (κ1) is 14.6. The van der Waals surface area contributed by atoms with Crippen LogP contribution in [0.5, 0.6) is 0 Å². The maximum Gasteiger partial charge on any atom is 0.330 e. The number of carbonyl (C=O) groups excluding carboxylic acids is 1. The summed E-state index contributed by atoms with van der Waals surface area (Å²) >= 11 is 0. The Morgan fingerprint density at radius 1 is 1.00 bits per heavy atom. The number of urea groups is 1. The second-order valence-corrected chi connectivity index (χ2v) is 4.65. The number of hydrogen-bond donors (Lipinski definition) is 3. The van der Waals surface area contributed by atoms with Crippen LogP contribution >= 0.6 is 0 Å². The fraction of sp³-hybridized carbons (Fsp3) is 0.125. The summed E-state index contributed by atoms with van der Waals surface area (Å²) in [6, 6.07) is 14.1. The van der Waals surface area contributed by atoms with Gasteiger partial charge in [-0.3, -0.25) is 0 Å². The molecule has 2 aromatic rings. The third-order valence-corrected chi connectivity index (χ3v) is 2.96. The lowest BCUT2D eigenvalue weighted by Crippen LogP contribution is -2.36. The van der Waals surface area contributed by atoms with Crippen molar-refractivity contribution in [2.45, 2.75) is 13.0 Å². The summed E-state index contributed by atoms with van der Waals surface area (Å²) < 4.78 is 0. The van der Waals surface area contributed by atoms with Crippen LogP contribution < -0.4 is 10.6 Å². The molecule has 0 aliphatic heterocycles. The molecule has 0 aliphatic carbocycles. The molecule has 108 valence electrons. The van der Waals surface area contributed by atoms with Crippen LogP contribution in [0.2, 0.25) is 0 Å². The summed E-state index contributed by atoms with van der Waals surface area (Å²) in [5.41, 5.74) is 2.20. The molecule has 2 aromatic carbocycles. The van der Waals surface area contributed by atoms with Crippen molar-refractivity contribution in [3.8, 4) is 0 Å². The lowest BCUT2D eigenvalue weighted by Gasteiger charge is -2.15. The smallest absolute Gasteiger partial charge is 0.330 e. The zero-order valence-corrected chi connectivity index (χ0v) is 11.5. The van der Waals surface area contributed by atoms with Gasteiger partial charge in [0, 0.05) is 5.69 Å². The number of aryl methyl sites for hydroxylation is 1. The molecule has 5 heteroatoms. The van der Waals surface area contributed by atoms with Crippen molar-refractivity contribution < 1.29 is 14.7 Å². The van der Waals surface area contributed by atoms with Gasteiger partial charge in [0.05, 0.1) is 0 Å². The monoisotopic (exact) mass is 284 g/mol. The molecular weight excluding hydrogens is 268 g/mol. The minimum absolute atomic E-state index is 0.518. The lowest BCUT2D eigenvalue weighted by molar-refractivity contribution is -0.139. The standard InChI is InChI=1S/C16H16N2O3/c1-11-7-9-13(10-8-11)17-16(21)18-14(15(19)20)12-5-3-2-4-6-12/h2-10,14H,1H3,(H,19,20)(H2,17,18,21). The molecule has 0 bridgehead atoms. The van der Waals surface area contributed by atoms with Crippen LogP contribution in [-0.4, -0.2) is 17.1 Å². The Labute approximate surface area is 122 Å². The van der Waals surface area contributed by atoms with Crippen molar-refractivity contribution in [2.75, 3.05) is 5.32 Å². The summed E-state index contributed by atoms with van der Waals surface area (Å²) in [5, 5.41) is 14.3. The summed E-state index contributed by atoms with van der Waals surface area (Å²) in [6.45, 7) is 1.94. The van der Waals surface area contributed by atoms with Crippen molar-refractivity contribution in [3.05, 3.63) is 65.7 Å². The average Bonchev–Trinajstić information content (AvgIpc) is 2.48. The number of hydrogen-bond acceptors (Lipinski definition) is 2. The molecule has 2 amide bonds. The van der Waals surface area contributed by atoms with Gasteiger partial charge < -0.3 is 15.7 Å². The minimum atomic E-state index is -1.11. The quantitative estimate of drug-likeness (QED) is 0.807. The average molecular weight is 284 g/mol. The number of carbonyl (C=O) groups is 2. The highest BCUT2D eigenvalue weighted by molar-refractivity contribution is 5.92. The molecule has 5 nitrogen and oxygen atoms in total. The van der Waals surface area contributed by atoms with Gasteiger partial charge >= 0.3 is 12.0 Å². The normalized spacial score (nSPS) is 11.5. The molecule has 0 spiro atoms. The summed E-state index contributed by atoms with van der Waals surface area (Å²) in [4.78, 5) is 23.2. The van der Waals surface area contributed by atoms with E-state index in [1.54, 1.807) is 42.5 Å². The van der Waals surface area contributed by atoms with Gasteiger partial charge in [-0.05, 0) is 24.6 Å². The number of anilines is 1. The van der Waals surface area contributed by atoms with Gasteiger partial charge in [-0.25, -0.2) is 9.59 Å². The highest BCUT2D eigenvalue weighted by Crippen LogP contribution is 2.14. The van der Waals surface area contributed by atoms with Gasteiger partial charge in [-0.15, -0.1) is 0 Å². The summed E-state index contributed by atoms with van der Waals surface area (Å²) in [5.74, 6) is -1.11. The third-order valence-electron chi connectivity index (χ3n) is 2.96. The molecule has 0 radical (unpaired) electrons. The number of nitrogens with one attached hydrogen (secondary N) is 2. The van der Waals surface area contributed by atoms with Crippen molar-refractivity contribution in [2.24, 2.45) is 0 Å². The highest BCUT2D eigenvalue weighted by Gasteiger charge is 2.21. The van der Waals surface area contributed by atoms with Crippen LogP contribution in [0.1, 0.15) is 17.2 Å². The van der Waals surface area contributed by atoms with E-state index < -0.39 is 18.0 Å². The molecule has 0 aromatic heterocycles. The van der Waals surface area contributed by atoms with Gasteiger partial charge in [0.15, 0.2) is 6.04 Å². The number of rotatable bonds is 4. The number of carboxylic acid groups (broad SMARTS) is 1. The molecule has 0 saturated heterocycles. The molecule has 0 aliphatic rings. The maximum absolute atomic E-state index is 11.9. The number of aliphatic carboxylic acids is 1. The molecule has 0 saturated carbocycles.